The number of aromatic nitrogens is 2. The van der Waals surface area contributed by atoms with Crippen molar-refractivity contribution >= 4 is 0 Å². The second-order valence-electron chi connectivity index (χ2n) is 7.93. The van der Waals surface area contributed by atoms with E-state index < -0.39 is 0 Å². The lowest BCUT2D eigenvalue weighted by molar-refractivity contribution is 0.175. The third-order valence-corrected chi connectivity index (χ3v) is 5.83. The molecule has 1 atom stereocenters. The lowest BCUT2D eigenvalue weighted by Crippen LogP contribution is -2.21. The van der Waals surface area contributed by atoms with Crippen LogP contribution in [0.4, 0.5) is 0 Å². The summed E-state index contributed by atoms with van der Waals surface area (Å²) in [6.07, 6.45) is 9.65. The third-order valence-electron chi connectivity index (χ3n) is 5.83. The average Bonchev–Trinajstić information content (AvgIpc) is 3.31. The van der Waals surface area contributed by atoms with Crippen LogP contribution in [0.1, 0.15) is 56.4 Å². The molecule has 1 saturated heterocycles. The maximum atomic E-state index is 9.63. The average molecular weight is 355 g/mol. The molecule has 1 aliphatic heterocycles. The molecule has 2 fully saturated rings. The van der Waals surface area contributed by atoms with Gasteiger partial charge in [-0.15, -0.1) is 0 Å². The summed E-state index contributed by atoms with van der Waals surface area (Å²) in [6, 6.07) is 8.38. The third kappa shape index (κ3) is 4.51. The minimum absolute atomic E-state index is 0.166. The van der Waals surface area contributed by atoms with E-state index in [2.05, 4.69) is 39.3 Å². The van der Waals surface area contributed by atoms with Crippen molar-refractivity contribution in [3.8, 4) is 11.4 Å². The molecule has 1 aromatic carbocycles. The van der Waals surface area contributed by atoms with E-state index in [0.717, 1.165) is 49.8 Å². The van der Waals surface area contributed by atoms with Crippen LogP contribution in [0.15, 0.2) is 28.8 Å². The fourth-order valence-corrected chi connectivity index (χ4v) is 4.25. The summed E-state index contributed by atoms with van der Waals surface area (Å²) in [6.45, 7) is 2.63. The highest BCUT2D eigenvalue weighted by molar-refractivity contribution is 5.54. The summed E-state index contributed by atoms with van der Waals surface area (Å²) in [5, 5.41) is 13.8. The molecule has 1 N–H and O–H groups in total. The maximum absolute atomic E-state index is 9.63. The van der Waals surface area contributed by atoms with Gasteiger partial charge in [-0.05, 0) is 24.3 Å². The molecule has 2 aliphatic rings. The van der Waals surface area contributed by atoms with E-state index >= 15 is 0 Å². The van der Waals surface area contributed by atoms with Crippen molar-refractivity contribution < 1.29 is 9.63 Å². The van der Waals surface area contributed by atoms with Gasteiger partial charge in [0.2, 0.25) is 11.7 Å². The highest BCUT2D eigenvalue weighted by Crippen LogP contribution is 2.27. The Morgan fingerprint density at radius 2 is 1.88 bits per heavy atom. The molecule has 26 heavy (non-hydrogen) atoms. The first-order valence-corrected chi connectivity index (χ1v) is 10.1. The lowest BCUT2D eigenvalue weighted by Gasteiger charge is -2.20. The number of benzene rings is 1. The van der Waals surface area contributed by atoms with E-state index in [9.17, 15) is 5.11 Å². The summed E-state index contributed by atoms with van der Waals surface area (Å²) in [5.41, 5.74) is 2.26. The monoisotopic (exact) mass is 355 g/mol. The van der Waals surface area contributed by atoms with E-state index in [1.165, 1.54) is 44.1 Å². The fourth-order valence-electron chi connectivity index (χ4n) is 4.25. The van der Waals surface area contributed by atoms with Gasteiger partial charge in [0.15, 0.2) is 0 Å². The van der Waals surface area contributed by atoms with Crippen molar-refractivity contribution in [1.29, 1.82) is 0 Å². The Balaban J connectivity index is 1.32. The minimum atomic E-state index is -0.166. The van der Waals surface area contributed by atoms with Gasteiger partial charge in [-0.1, -0.05) is 61.5 Å². The number of aliphatic hydroxyl groups is 1. The smallest absolute Gasteiger partial charge is 0.226 e. The summed E-state index contributed by atoms with van der Waals surface area (Å²) < 4.78 is 5.46. The molecule has 5 heteroatoms. The van der Waals surface area contributed by atoms with Crippen molar-refractivity contribution in [2.75, 3.05) is 13.1 Å². The second kappa shape index (κ2) is 8.31. The van der Waals surface area contributed by atoms with Crippen LogP contribution in [0.3, 0.4) is 0 Å². The Labute approximate surface area is 155 Å². The Bertz CT molecular complexity index is 692. The molecule has 1 aromatic heterocycles. The van der Waals surface area contributed by atoms with Gasteiger partial charge in [0.1, 0.15) is 0 Å². The Morgan fingerprint density at radius 3 is 2.62 bits per heavy atom. The minimum Gasteiger partial charge on any atom is -0.392 e. The molecule has 0 amide bonds. The first-order chi connectivity index (χ1) is 12.8. The number of likely N-dealkylation sites (tertiary alicyclic amines) is 1. The summed E-state index contributed by atoms with van der Waals surface area (Å²) in [5.74, 6) is 2.29. The molecule has 2 heterocycles. The molecule has 0 spiro atoms. The fraction of sp³-hybridized carbons (Fsp3) is 0.619. The molecule has 140 valence electrons. The number of β-amino-alcohol motifs (C(OH)–C–C–N with tert-alkyl or cyclic N) is 1. The van der Waals surface area contributed by atoms with Crippen molar-refractivity contribution in [2.24, 2.45) is 5.92 Å². The van der Waals surface area contributed by atoms with E-state index in [1.54, 1.807) is 0 Å². The largest absolute Gasteiger partial charge is 0.392 e. The first kappa shape index (κ1) is 17.7. The number of hydrogen-bond donors (Lipinski definition) is 1. The van der Waals surface area contributed by atoms with Crippen LogP contribution < -0.4 is 0 Å². The molecule has 2 aromatic rings. The number of rotatable bonds is 6. The topological polar surface area (TPSA) is 62.4 Å². The van der Waals surface area contributed by atoms with Gasteiger partial charge < -0.3 is 9.63 Å². The van der Waals surface area contributed by atoms with Crippen molar-refractivity contribution in [3.63, 3.8) is 0 Å². The van der Waals surface area contributed by atoms with Gasteiger partial charge in [-0.2, -0.15) is 4.98 Å². The van der Waals surface area contributed by atoms with E-state index in [1.807, 2.05) is 0 Å². The Morgan fingerprint density at radius 1 is 1.08 bits per heavy atom. The number of nitrogens with zero attached hydrogens (tertiary/aromatic N) is 3. The number of hydrogen-bond acceptors (Lipinski definition) is 5. The zero-order valence-electron chi connectivity index (χ0n) is 15.4. The Kier molecular flexibility index (Phi) is 5.65. The Hall–Kier alpha value is -1.72. The zero-order chi connectivity index (χ0) is 17.8. The van der Waals surface area contributed by atoms with Gasteiger partial charge >= 0.3 is 0 Å². The molecular weight excluding hydrogens is 326 g/mol. The van der Waals surface area contributed by atoms with Crippen molar-refractivity contribution in [1.82, 2.24) is 15.0 Å². The second-order valence-corrected chi connectivity index (χ2v) is 7.93. The standard InChI is InChI=1S/C21H29N3O2/c25-19-12-13-24(15-19)14-17-6-9-18(10-7-17)21-22-20(26-23-21)11-8-16-4-2-1-3-5-16/h6-7,9-10,16,19,25H,1-5,8,11-15H2/t19-/m0/s1. The van der Waals surface area contributed by atoms with Crippen LogP contribution in [0.2, 0.25) is 0 Å². The lowest BCUT2D eigenvalue weighted by atomic mass is 9.86. The van der Waals surface area contributed by atoms with Crippen LogP contribution >= 0.6 is 0 Å². The quantitative estimate of drug-likeness (QED) is 0.853. The highest BCUT2D eigenvalue weighted by Gasteiger charge is 2.20. The predicted octanol–water partition coefficient (Wildman–Crippen LogP) is 3.82. The summed E-state index contributed by atoms with van der Waals surface area (Å²) in [4.78, 5) is 6.88. The normalized spacial score (nSPS) is 22.1. The molecule has 5 nitrogen and oxygen atoms in total. The first-order valence-electron chi connectivity index (χ1n) is 10.1. The number of aliphatic hydroxyl groups excluding tert-OH is 1. The molecule has 4 rings (SSSR count). The number of aryl methyl sites for hydroxylation is 1. The van der Waals surface area contributed by atoms with Crippen LogP contribution in [-0.4, -0.2) is 39.3 Å². The van der Waals surface area contributed by atoms with Crippen LogP contribution in [-0.2, 0) is 13.0 Å². The van der Waals surface area contributed by atoms with Gasteiger partial charge in [0.25, 0.3) is 0 Å². The molecule has 1 saturated carbocycles. The molecule has 0 radical (unpaired) electrons. The molecule has 1 aliphatic carbocycles. The van der Waals surface area contributed by atoms with Gasteiger partial charge in [-0.25, -0.2) is 0 Å². The summed E-state index contributed by atoms with van der Waals surface area (Å²) >= 11 is 0. The van der Waals surface area contributed by atoms with Crippen molar-refractivity contribution in [3.05, 3.63) is 35.7 Å². The van der Waals surface area contributed by atoms with Crippen LogP contribution in [0.25, 0.3) is 11.4 Å². The van der Waals surface area contributed by atoms with Crippen molar-refractivity contribution in [2.45, 2.75) is 64.0 Å². The van der Waals surface area contributed by atoms with Gasteiger partial charge in [-0.3, -0.25) is 4.90 Å². The predicted molar refractivity (Wildman–Crippen MR) is 101 cm³/mol. The molecule has 0 unspecified atom stereocenters. The zero-order valence-corrected chi connectivity index (χ0v) is 15.4. The molecule has 0 bridgehead atoms. The van der Waals surface area contributed by atoms with Crippen LogP contribution in [0, 0.1) is 5.92 Å². The van der Waals surface area contributed by atoms with Gasteiger partial charge in [0.05, 0.1) is 6.10 Å². The van der Waals surface area contributed by atoms with Gasteiger partial charge in [0, 0.05) is 31.6 Å². The summed E-state index contributed by atoms with van der Waals surface area (Å²) in [7, 11) is 0. The maximum Gasteiger partial charge on any atom is 0.226 e. The van der Waals surface area contributed by atoms with E-state index in [0.29, 0.717) is 5.82 Å². The highest BCUT2D eigenvalue weighted by atomic mass is 16.5. The molecular formula is C21H29N3O2. The van der Waals surface area contributed by atoms with Crippen LogP contribution in [0.5, 0.6) is 0 Å². The van der Waals surface area contributed by atoms with E-state index in [-0.39, 0.29) is 6.10 Å². The van der Waals surface area contributed by atoms with E-state index in [4.69, 9.17) is 4.52 Å². The SMILES string of the molecule is O[C@H]1CCN(Cc2ccc(-c3noc(CCC4CCCCC4)n3)cc2)C1.